The number of hydrogen-bond acceptors (Lipinski definition) is 3. The Labute approximate surface area is 121 Å². The summed E-state index contributed by atoms with van der Waals surface area (Å²) in [4.78, 5) is 4.29. The third-order valence-electron chi connectivity index (χ3n) is 2.93. The predicted octanol–water partition coefficient (Wildman–Crippen LogP) is 4.69. The number of hydrogen-bond donors (Lipinski definition) is 0. The molecule has 4 heteroatoms. The molecular formula is C16H12ClNO2. The van der Waals surface area contributed by atoms with Crippen molar-refractivity contribution in [3.8, 4) is 17.2 Å². The fourth-order valence-corrected chi connectivity index (χ4v) is 2.14. The Bertz CT molecular complexity index is 758. The van der Waals surface area contributed by atoms with Crippen molar-refractivity contribution in [3.63, 3.8) is 0 Å². The van der Waals surface area contributed by atoms with Crippen LogP contribution in [-0.4, -0.2) is 12.1 Å². The highest BCUT2D eigenvalue weighted by Crippen LogP contribution is 2.31. The van der Waals surface area contributed by atoms with Gasteiger partial charge in [-0.1, -0.05) is 17.7 Å². The molecule has 1 heterocycles. The van der Waals surface area contributed by atoms with Crippen molar-refractivity contribution >= 4 is 22.5 Å². The lowest BCUT2D eigenvalue weighted by Crippen LogP contribution is -1.89. The summed E-state index contributed by atoms with van der Waals surface area (Å²) in [5, 5.41) is 1.57. The number of rotatable bonds is 3. The smallest absolute Gasteiger partial charge is 0.138 e. The van der Waals surface area contributed by atoms with Gasteiger partial charge in [-0.3, -0.25) is 4.98 Å². The number of pyridine rings is 1. The quantitative estimate of drug-likeness (QED) is 0.699. The van der Waals surface area contributed by atoms with Gasteiger partial charge >= 0.3 is 0 Å². The molecule has 0 N–H and O–H groups in total. The normalized spacial score (nSPS) is 10.5. The minimum atomic E-state index is 0.656. The summed E-state index contributed by atoms with van der Waals surface area (Å²) in [5.74, 6) is 2.20. The molecule has 0 atom stereocenters. The third kappa shape index (κ3) is 2.53. The van der Waals surface area contributed by atoms with Crippen LogP contribution in [0.15, 0.2) is 54.7 Å². The highest BCUT2D eigenvalue weighted by molar-refractivity contribution is 6.31. The Balaban J connectivity index is 2.02. The Morgan fingerprint density at radius 1 is 1.00 bits per heavy atom. The molecule has 20 heavy (non-hydrogen) atoms. The first-order valence-electron chi connectivity index (χ1n) is 6.12. The minimum Gasteiger partial charge on any atom is -0.497 e. The second kappa shape index (κ2) is 5.39. The van der Waals surface area contributed by atoms with Gasteiger partial charge in [-0.15, -0.1) is 0 Å². The molecular weight excluding hydrogens is 274 g/mol. The summed E-state index contributed by atoms with van der Waals surface area (Å²) in [7, 11) is 1.63. The fraction of sp³-hybridized carbons (Fsp3) is 0.0625. The molecule has 0 saturated heterocycles. The molecule has 3 aromatic rings. The van der Waals surface area contributed by atoms with Gasteiger partial charge in [-0.05, 0) is 36.4 Å². The van der Waals surface area contributed by atoms with Crippen molar-refractivity contribution in [2.75, 3.05) is 7.11 Å². The van der Waals surface area contributed by atoms with Crippen LogP contribution in [0.1, 0.15) is 0 Å². The predicted molar refractivity (Wildman–Crippen MR) is 79.8 cm³/mol. The first-order chi connectivity index (χ1) is 9.76. The van der Waals surface area contributed by atoms with Crippen molar-refractivity contribution in [2.24, 2.45) is 0 Å². The van der Waals surface area contributed by atoms with E-state index in [0.717, 1.165) is 22.4 Å². The van der Waals surface area contributed by atoms with Crippen LogP contribution in [0.4, 0.5) is 0 Å². The first-order valence-corrected chi connectivity index (χ1v) is 6.50. The van der Waals surface area contributed by atoms with Gasteiger partial charge in [0.1, 0.15) is 17.2 Å². The zero-order valence-corrected chi connectivity index (χ0v) is 11.6. The van der Waals surface area contributed by atoms with Gasteiger partial charge in [0.15, 0.2) is 0 Å². The van der Waals surface area contributed by atoms with Gasteiger partial charge in [-0.25, -0.2) is 0 Å². The molecule has 0 aliphatic rings. The maximum Gasteiger partial charge on any atom is 0.138 e. The van der Waals surface area contributed by atoms with Crippen molar-refractivity contribution in [1.82, 2.24) is 4.98 Å². The zero-order valence-electron chi connectivity index (χ0n) is 10.8. The molecule has 1 aromatic heterocycles. The Morgan fingerprint density at radius 2 is 1.85 bits per heavy atom. The lowest BCUT2D eigenvalue weighted by Gasteiger charge is -2.09. The maximum absolute atomic E-state index is 5.97. The molecule has 0 bridgehead atoms. The number of ether oxygens (including phenoxy) is 2. The SMILES string of the molecule is COc1cccc(Oc2ccnc3cc(Cl)ccc23)c1. The molecule has 0 saturated carbocycles. The van der Waals surface area contributed by atoms with Gasteiger partial charge in [0, 0.05) is 22.7 Å². The van der Waals surface area contributed by atoms with E-state index in [1.807, 2.05) is 48.5 Å². The average molecular weight is 286 g/mol. The van der Waals surface area contributed by atoms with E-state index >= 15 is 0 Å². The van der Waals surface area contributed by atoms with E-state index in [9.17, 15) is 0 Å². The lowest BCUT2D eigenvalue weighted by atomic mass is 10.2. The van der Waals surface area contributed by atoms with Gasteiger partial charge < -0.3 is 9.47 Å². The number of halogens is 1. The van der Waals surface area contributed by atoms with E-state index in [1.165, 1.54) is 0 Å². The van der Waals surface area contributed by atoms with Crippen LogP contribution in [-0.2, 0) is 0 Å². The molecule has 0 aliphatic carbocycles. The number of fused-ring (bicyclic) bond motifs is 1. The Kier molecular flexibility index (Phi) is 3.44. The van der Waals surface area contributed by atoms with Crippen LogP contribution in [0.25, 0.3) is 10.9 Å². The van der Waals surface area contributed by atoms with E-state index in [2.05, 4.69) is 4.98 Å². The van der Waals surface area contributed by atoms with Crippen LogP contribution >= 0.6 is 11.6 Å². The van der Waals surface area contributed by atoms with Gasteiger partial charge in [0.25, 0.3) is 0 Å². The van der Waals surface area contributed by atoms with Crippen LogP contribution in [0.3, 0.4) is 0 Å². The average Bonchev–Trinajstić information content (AvgIpc) is 2.47. The molecule has 0 spiro atoms. The molecule has 2 aromatic carbocycles. The molecule has 0 aliphatic heterocycles. The van der Waals surface area contributed by atoms with E-state index in [0.29, 0.717) is 10.8 Å². The zero-order chi connectivity index (χ0) is 13.9. The molecule has 0 unspecified atom stereocenters. The summed E-state index contributed by atoms with van der Waals surface area (Å²) in [6.45, 7) is 0. The standard InChI is InChI=1S/C16H12ClNO2/c1-19-12-3-2-4-13(10-12)20-16-7-8-18-15-9-11(17)5-6-14(15)16/h2-10H,1H3. The van der Waals surface area contributed by atoms with E-state index in [-0.39, 0.29) is 0 Å². The summed E-state index contributed by atoms with van der Waals surface area (Å²) in [6.07, 6.45) is 1.70. The molecule has 0 amide bonds. The Hall–Kier alpha value is -2.26. The number of aromatic nitrogens is 1. The van der Waals surface area contributed by atoms with E-state index in [4.69, 9.17) is 21.1 Å². The summed E-state index contributed by atoms with van der Waals surface area (Å²) < 4.78 is 11.1. The summed E-state index contributed by atoms with van der Waals surface area (Å²) in [5.41, 5.74) is 0.804. The highest BCUT2D eigenvalue weighted by Gasteiger charge is 2.05. The van der Waals surface area contributed by atoms with Gasteiger partial charge in [0.05, 0.1) is 12.6 Å². The monoisotopic (exact) mass is 285 g/mol. The van der Waals surface area contributed by atoms with Crippen LogP contribution in [0.5, 0.6) is 17.2 Å². The van der Waals surface area contributed by atoms with Crippen LogP contribution in [0, 0.1) is 0 Å². The van der Waals surface area contributed by atoms with E-state index < -0.39 is 0 Å². The van der Waals surface area contributed by atoms with Crippen LogP contribution < -0.4 is 9.47 Å². The maximum atomic E-state index is 5.97. The second-order valence-corrected chi connectivity index (χ2v) is 4.69. The third-order valence-corrected chi connectivity index (χ3v) is 3.17. The molecule has 3 rings (SSSR count). The van der Waals surface area contributed by atoms with Crippen LogP contribution in [0.2, 0.25) is 5.02 Å². The summed E-state index contributed by atoms with van der Waals surface area (Å²) >= 11 is 5.97. The molecule has 0 radical (unpaired) electrons. The van der Waals surface area contributed by atoms with Crippen molar-refractivity contribution < 1.29 is 9.47 Å². The number of methoxy groups -OCH3 is 1. The van der Waals surface area contributed by atoms with E-state index in [1.54, 1.807) is 13.3 Å². The first kappa shape index (κ1) is 12.8. The summed E-state index contributed by atoms with van der Waals surface area (Å²) in [6, 6.07) is 14.8. The molecule has 100 valence electrons. The lowest BCUT2D eigenvalue weighted by molar-refractivity contribution is 0.409. The van der Waals surface area contributed by atoms with Crippen molar-refractivity contribution in [2.45, 2.75) is 0 Å². The number of benzene rings is 2. The fourth-order valence-electron chi connectivity index (χ4n) is 1.98. The van der Waals surface area contributed by atoms with Crippen molar-refractivity contribution in [3.05, 3.63) is 59.8 Å². The minimum absolute atomic E-state index is 0.656. The van der Waals surface area contributed by atoms with Crippen molar-refractivity contribution in [1.29, 1.82) is 0 Å². The Morgan fingerprint density at radius 3 is 2.70 bits per heavy atom. The largest absolute Gasteiger partial charge is 0.497 e. The second-order valence-electron chi connectivity index (χ2n) is 4.25. The molecule has 3 nitrogen and oxygen atoms in total. The highest BCUT2D eigenvalue weighted by atomic mass is 35.5. The molecule has 0 fully saturated rings. The topological polar surface area (TPSA) is 31.4 Å². The number of nitrogens with zero attached hydrogens (tertiary/aromatic N) is 1. The van der Waals surface area contributed by atoms with Gasteiger partial charge in [-0.2, -0.15) is 0 Å². The van der Waals surface area contributed by atoms with Gasteiger partial charge in [0.2, 0.25) is 0 Å².